The first-order valence-corrected chi connectivity index (χ1v) is 8.08. The van der Waals surface area contributed by atoms with Crippen LogP contribution in [0.15, 0.2) is 18.5 Å². The molecule has 0 aliphatic carbocycles. The molecule has 0 bridgehead atoms. The fourth-order valence-corrected chi connectivity index (χ4v) is 3.46. The Morgan fingerprint density at radius 2 is 1.82 bits per heavy atom. The third-order valence-electron chi connectivity index (χ3n) is 4.62. The fourth-order valence-electron chi connectivity index (χ4n) is 3.46. The van der Waals surface area contributed by atoms with E-state index in [-0.39, 0.29) is 6.04 Å². The van der Waals surface area contributed by atoms with Crippen molar-refractivity contribution in [1.29, 1.82) is 0 Å². The molecule has 0 radical (unpaired) electrons. The molecule has 2 saturated heterocycles. The first-order valence-electron chi connectivity index (χ1n) is 8.08. The minimum absolute atomic E-state index is 0.0143. The van der Waals surface area contributed by atoms with Crippen molar-refractivity contribution < 1.29 is 10.2 Å². The molecule has 2 N–H and O–H groups in total. The normalized spacial score (nSPS) is 30.9. The van der Waals surface area contributed by atoms with E-state index >= 15 is 0 Å². The molecule has 3 unspecified atom stereocenters. The summed E-state index contributed by atoms with van der Waals surface area (Å²) in [5, 5.41) is 20.6. The summed E-state index contributed by atoms with van der Waals surface area (Å²) in [6.07, 6.45) is 3.95. The molecule has 3 rings (SSSR count). The van der Waals surface area contributed by atoms with Gasteiger partial charge in [0, 0.05) is 51.5 Å². The molecule has 0 saturated carbocycles. The molecule has 7 heteroatoms. The fraction of sp³-hybridized carbons (Fsp3) is 0.733. The molecule has 1 aromatic rings. The molecule has 3 heterocycles. The molecular weight excluding hydrogens is 282 g/mol. The van der Waals surface area contributed by atoms with Gasteiger partial charge in [0.1, 0.15) is 12.5 Å². The van der Waals surface area contributed by atoms with Gasteiger partial charge in [-0.15, -0.1) is 0 Å². The van der Waals surface area contributed by atoms with Crippen LogP contribution < -0.4 is 4.90 Å². The van der Waals surface area contributed by atoms with Crippen molar-refractivity contribution in [2.45, 2.75) is 38.3 Å². The highest BCUT2D eigenvalue weighted by atomic mass is 16.3. The Morgan fingerprint density at radius 1 is 1.14 bits per heavy atom. The van der Waals surface area contributed by atoms with Crippen LogP contribution in [0.2, 0.25) is 0 Å². The Morgan fingerprint density at radius 3 is 2.45 bits per heavy atom. The van der Waals surface area contributed by atoms with Crippen molar-refractivity contribution >= 4 is 5.95 Å². The third-order valence-corrected chi connectivity index (χ3v) is 4.62. The van der Waals surface area contributed by atoms with Gasteiger partial charge in [-0.05, 0) is 12.5 Å². The van der Waals surface area contributed by atoms with Crippen LogP contribution in [0.1, 0.15) is 19.8 Å². The first-order chi connectivity index (χ1) is 10.7. The Labute approximate surface area is 131 Å². The highest BCUT2D eigenvalue weighted by Gasteiger charge is 2.42. The minimum atomic E-state index is -0.575. The average Bonchev–Trinajstić information content (AvgIpc) is 2.84. The van der Waals surface area contributed by atoms with E-state index in [1.165, 1.54) is 0 Å². The third kappa shape index (κ3) is 3.08. The standard InChI is InChI=1S/C15H25N5O2/c1-2-6-20-13(21)11-12(14(20)22)18-7-9-19(10-8-18)15-16-4-3-5-17-15/h3-5,12-14,21-22H,2,6-11H2,1H3. The summed E-state index contributed by atoms with van der Waals surface area (Å²) in [7, 11) is 0. The van der Waals surface area contributed by atoms with Crippen LogP contribution in [0.4, 0.5) is 5.95 Å². The molecule has 2 fully saturated rings. The van der Waals surface area contributed by atoms with E-state index in [1.54, 1.807) is 17.3 Å². The maximum absolute atomic E-state index is 10.5. The second-order valence-electron chi connectivity index (χ2n) is 6.01. The smallest absolute Gasteiger partial charge is 0.225 e. The van der Waals surface area contributed by atoms with Gasteiger partial charge in [0.2, 0.25) is 5.95 Å². The highest BCUT2D eigenvalue weighted by molar-refractivity contribution is 5.29. The number of rotatable bonds is 4. The van der Waals surface area contributed by atoms with Crippen molar-refractivity contribution in [2.24, 2.45) is 0 Å². The number of aliphatic hydroxyl groups excluding tert-OH is 2. The summed E-state index contributed by atoms with van der Waals surface area (Å²) >= 11 is 0. The Balaban J connectivity index is 1.58. The summed E-state index contributed by atoms with van der Waals surface area (Å²) in [6.45, 7) is 6.19. The van der Waals surface area contributed by atoms with Gasteiger partial charge in [-0.25, -0.2) is 9.97 Å². The minimum Gasteiger partial charge on any atom is -0.378 e. The van der Waals surface area contributed by atoms with Crippen LogP contribution in [0.3, 0.4) is 0 Å². The molecule has 122 valence electrons. The molecular formula is C15H25N5O2. The van der Waals surface area contributed by atoms with E-state index in [0.29, 0.717) is 6.42 Å². The van der Waals surface area contributed by atoms with Gasteiger partial charge in [0.25, 0.3) is 0 Å². The van der Waals surface area contributed by atoms with E-state index in [9.17, 15) is 10.2 Å². The molecule has 7 nitrogen and oxygen atoms in total. The summed E-state index contributed by atoms with van der Waals surface area (Å²) in [6, 6.07) is 1.83. The molecule has 1 aromatic heterocycles. The lowest BCUT2D eigenvalue weighted by molar-refractivity contribution is -0.0679. The SMILES string of the molecule is CCCN1C(O)CC(N2CCN(c3ncccn3)CC2)C1O. The van der Waals surface area contributed by atoms with Crippen LogP contribution in [-0.4, -0.2) is 81.2 Å². The van der Waals surface area contributed by atoms with Crippen molar-refractivity contribution in [3.8, 4) is 0 Å². The lowest BCUT2D eigenvalue weighted by atomic mass is 10.1. The monoisotopic (exact) mass is 307 g/mol. The van der Waals surface area contributed by atoms with Crippen molar-refractivity contribution in [3.05, 3.63) is 18.5 Å². The van der Waals surface area contributed by atoms with Gasteiger partial charge in [-0.3, -0.25) is 9.80 Å². The summed E-state index contributed by atoms with van der Waals surface area (Å²) in [5.41, 5.74) is 0. The summed E-state index contributed by atoms with van der Waals surface area (Å²) in [5.74, 6) is 0.766. The van der Waals surface area contributed by atoms with Gasteiger partial charge in [0.15, 0.2) is 0 Å². The predicted molar refractivity (Wildman–Crippen MR) is 83.2 cm³/mol. The lowest BCUT2D eigenvalue weighted by Gasteiger charge is -2.39. The van der Waals surface area contributed by atoms with E-state index in [2.05, 4.69) is 26.7 Å². The summed E-state index contributed by atoms with van der Waals surface area (Å²) < 4.78 is 0. The van der Waals surface area contributed by atoms with E-state index in [4.69, 9.17) is 0 Å². The molecule has 2 aliphatic rings. The molecule has 22 heavy (non-hydrogen) atoms. The zero-order valence-electron chi connectivity index (χ0n) is 13.0. The number of aliphatic hydroxyl groups is 2. The van der Waals surface area contributed by atoms with Crippen LogP contribution in [0.5, 0.6) is 0 Å². The quantitative estimate of drug-likeness (QED) is 0.792. The Kier molecular flexibility index (Phi) is 4.87. The molecule has 0 amide bonds. The van der Waals surface area contributed by atoms with Crippen molar-refractivity contribution in [1.82, 2.24) is 19.8 Å². The second-order valence-corrected chi connectivity index (χ2v) is 6.01. The molecule has 0 aromatic carbocycles. The average molecular weight is 307 g/mol. The summed E-state index contributed by atoms with van der Waals surface area (Å²) in [4.78, 5) is 14.8. The van der Waals surface area contributed by atoms with Gasteiger partial charge < -0.3 is 15.1 Å². The van der Waals surface area contributed by atoms with E-state index in [1.807, 2.05) is 6.07 Å². The molecule has 0 spiro atoms. The number of hydrogen-bond acceptors (Lipinski definition) is 7. The first kappa shape index (κ1) is 15.6. The number of aromatic nitrogens is 2. The van der Waals surface area contributed by atoms with Crippen LogP contribution in [-0.2, 0) is 0 Å². The zero-order chi connectivity index (χ0) is 15.5. The number of likely N-dealkylation sites (tertiary alicyclic amines) is 1. The van der Waals surface area contributed by atoms with Crippen LogP contribution in [0, 0.1) is 0 Å². The Hall–Kier alpha value is -1.28. The van der Waals surface area contributed by atoms with Crippen LogP contribution >= 0.6 is 0 Å². The second kappa shape index (κ2) is 6.87. The van der Waals surface area contributed by atoms with Gasteiger partial charge in [0.05, 0.1) is 6.04 Å². The number of hydrogen-bond donors (Lipinski definition) is 2. The van der Waals surface area contributed by atoms with E-state index < -0.39 is 12.5 Å². The van der Waals surface area contributed by atoms with Crippen molar-refractivity contribution in [3.63, 3.8) is 0 Å². The van der Waals surface area contributed by atoms with Gasteiger partial charge in [-0.1, -0.05) is 6.92 Å². The molecule has 2 aliphatic heterocycles. The highest BCUT2D eigenvalue weighted by Crippen LogP contribution is 2.27. The van der Waals surface area contributed by atoms with Gasteiger partial charge in [-0.2, -0.15) is 0 Å². The maximum atomic E-state index is 10.5. The predicted octanol–water partition coefficient (Wildman–Crippen LogP) is -0.280. The zero-order valence-corrected chi connectivity index (χ0v) is 13.0. The largest absolute Gasteiger partial charge is 0.378 e. The van der Waals surface area contributed by atoms with E-state index in [0.717, 1.165) is 45.1 Å². The number of piperazine rings is 1. The van der Waals surface area contributed by atoms with Gasteiger partial charge >= 0.3 is 0 Å². The lowest BCUT2D eigenvalue weighted by Crippen LogP contribution is -2.54. The Bertz CT molecular complexity index is 466. The van der Waals surface area contributed by atoms with Crippen molar-refractivity contribution in [2.75, 3.05) is 37.6 Å². The topological polar surface area (TPSA) is 76.0 Å². The number of nitrogens with zero attached hydrogens (tertiary/aromatic N) is 5. The molecule has 3 atom stereocenters. The van der Waals surface area contributed by atoms with Crippen LogP contribution in [0.25, 0.3) is 0 Å². The maximum Gasteiger partial charge on any atom is 0.225 e. The number of anilines is 1.